The Hall–Kier alpha value is -3.76. The number of unbranched alkanes of at least 4 members (excludes halogenated alkanes) is 1. The number of aryl methyl sites for hydroxylation is 2. The standard InChI is InChI=1S/C22H28N4O7/c1-6-8-9-26-19-18(20(27)24-22(26)29)25(7-2)17(23-19)12-33-21(28)13-10-15(31-4)16(32-5)11-14(13)30-3/h10-11H,6-9,12H2,1-5H3,(H,24,27,29). The summed E-state index contributed by atoms with van der Waals surface area (Å²) in [6, 6.07) is 3.00. The molecule has 11 heteroatoms. The third kappa shape index (κ3) is 4.57. The summed E-state index contributed by atoms with van der Waals surface area (Å²) in [6.45, 7) is 4.46. The van der Waals surface area contributed by atoms with Gasteiger partial charge in [0, 0.05) is 25.2 Å². The predicted octanol–water partition coefficient (Wildman–Crippen LogP) is 2.09. The van der Waals surface area contributed by atoms with Crippen LogP contribution in [-0.2, 0) is 24.4 Å². The summed E-state index contributed by atoms with van der Waals surface area (Å²) in [5, 5.41) is 0. The fraction of sp³-hybridized carbons (Fsp3) is 0.455. The minimum atomic E-state index is -0.667. The monoisotopic (exact) mass is 460 g/mol. The number of benzene rings is 1. The van der Waals surface area contributed by atoms with Gasteiger partial charge in [-0.3, -0.25) is 14.3 Å². The summed E-state index contributed by atoms with van der Waals surface area (Å²) < 4.78 is 24.4. The number of fused-ring (bicyclic) bond motifs is 1. The van der Waals surface area contributed by atoms with E-state index < -0.39 is 17.2 Å². The van der Waals surface area contributed by atoms with Crippen molar-refractivity contribution in [3.8, 4) is 17.2 Å². The first-order chi connectivity index (χ1) is 15.9. The average Bonchev–Trinajstić information content (AvgIpc) is 3.20. The molecule has 1 aromatic carbocycles. The maximum Gasteiger partial charge on any atom is 0.342 e. The molecule has 0 amide bonds. The highest BCUT2D eigenvalue weighted by atomic mass is 16.5. The summed E-state index contributed by atoms with van der Waals surface area (Å²) in [7, 11) is 4.36. The number of ether oxygens (including phenoxy) is 4. The lowest BCUT2D eigenvalue weighted by atomic mass is 10.1. The van der Waals surface area contributed by atoms with Gasteiger partial charge in [-0.15, -0.1) is 0 Å². The second-order valence-electron chi connectivity index (χ2n) is 7.19. The summed E-state index contributed by atoms with van der Waals surface area (Å²) >= 11 is 0. The molecule has 0 radical (unpaired) electrons. The highest BCUT2D eigenvalue weighted by Gasteiger charge is 2.22. The summed E-state index contributed by atoms with van der Waals surface area (Å²) in [5.41, 5.74) is -0.361. The highest BCUT2D eigenvalue weighted by molar-refractivity contribution is 5.93. The van der Waals surface area contributed by atoms with E-state index in [1.54, 1.807) is 4.57 Å². The van der Waals surface area contributed by atoms with Gasteiger partial charge >= 0.3 is 11.7 Å². The first-order valence-electron chi connectivity index (χ1n) is 10.6. The zero-order valence-corrected chi connectivity index (χ0v) is 19.4. The minimum absolute atomic E-state index is 0.145. The zero-order chi connectivity index (χ0) is 24.1. The second kappa shape index (κ2) is 10.2. The van der Waals surface area contributed by atoms with Gasteiger partial charge in [-0.25, -0.2) is 14.6 Å². The topological polar surface area (TPSA) is 127 Å². The normalized spacial score (nSPS) is 10.9. The molecule has 0 bridgehead atoms. The van der Waals surface area contributed by atoms with Crippen molar-refractivity contribution in [2.24, 2.45) is 0 Å². The number of hydrogen-bond donors (Lipinski definition) is 1. The number of methoxy groups -OCH3 is 3. The summed E-state index contributed by atoms with van der Waals surface area (Å²) in [6.07, 6.45) is 1.63. The summed E-state index contributed by atoms with van der Waals surface area (Å²) in [4.78, 5) is 44.5. The van der Waals surface area contributed by atoms with Crippen LogP contribution in [-0.4, -0.2) is 46.4 Å². The smallest absolute Gasteiger partial charge is 0.342 e. The molecule has 2 heterocycles. The van der Waals surface area contributed by atoms with E-state index in [0.717, 1.165) is 12.8 Å². The Bertz CT molecular complexity index is 1270. The Labute approximate surface area is 189 Å². The fourth-order valence-corrected chi connectivity index (χ4v) is 3.59. The number of nitrogens with one attached hydrogen (secondary N) is 1. The molecule has 3 aromatic rings. The van der Waals surface area contributed by atoms with Crippen LogP contribution in [0.2, 0.25) is 0 Å². The van der Waals surface area contributed by atoms with Crippen LogP contribution >= 0.6 is 0 Å². The van der Waals surface area contributed by atoms with E-state index in [9.17, 15) is 14.4 Å². The molecule has 0 aliphatic carbocycles. The minimum Gasteiger partial charge on any atom is -0.496 e. The van der Waals surface area contributed by atoms with Gasteiger partial charge in [0.25, 0.3) is 5.56 Å². The molecule has 0 saturated carbocycles. The van der Waals surface area contributed by atoms with Crippen LogP contribution in [0.3, 0.4) is 0 Å². The third-order valence-electron chi connectivity index (χ3n) is 5.27. The molecule has 0 aliphatic heterocycles. The molecule has 0 atom stereocenters. The van der Waals surface area contributed by atoms with E-state index in [-0.39, 0.29) is 29.1 Å². The van der Waals surface area contributed by atoms with Crippen molar-refractivity contribution in [1.82, 2.24) is 19.1 Å². The van der Waals surface area contributed by atoms with Crippen molar-refractivity contribution in [3.63, 3.8) is 0 Å². The van der Waals surface area contributed by atoms with Crippen molar-refractivity contribution in [1.29, 1.82) is 0 Å². The van der Waals surface area contributed by atoms with Crippen LogP contribution in [0.1, 0.15) is 42.9 Å². The quantitative estimate of drug-likeness (QED) is 0.456. The summed E-state index contributed by atoms with van der Waals surface area (Å²) in [5.74, 6) is 0.688. The van der Waals surface area contributed by atoms with E-state index >= 15 is 0 Å². The number of esters is 1. The van der Waals surface area contributed by atoms with Crippen molar-refractivity contribution in [2.45, 2.75) is 46.4 Å². The number of H-pyrrole nitrogens is 1. The Kier molecular flexibility index (Phi) is 7.41. The van der Waals surface area contributed by atoms with Gasteiger partial charge in [0.05, 0.1) is 21.3 Å². The van der Waals surface area contributed by atoms with Crippen molar-refractivity contribution < 1.29 is 23.7 Å². The zero-order valence-electron chi connectivity index (χ0n) is 19.4. The van der Waals surface area contributed by atoms with Crippen molar-refractivity contribution in [3.05, 3.63) is 44.4 Å². The molecular weight excluding hydrogens is 432 g/mol. The molecule has 33 heavy (non-hydrogen) atoms. The number of imidazole rings is 1. The van der Waals surface area contributed by atoms with Crippen LogP contribution in [0.15, 0.2) is 21.7 Å². The first-order valence-corrected chi connectivity index (χ1v) is 10.6. The van der Waals surface area contributed by atoms with Gasteiger partial charge in [-0.2, -0.15) is 0 Å². The lowest BCUT2D eigenvalue weighted by Crippen LogP contribution is -2.31. The number of carbonyl (C=O) groups excluding carboxylic acids is 1. The lowest BCUT2D eigenvalue weighted by molar-refractivity contribution is 0.0454. The van der Waals surface area contributed by atoms with Gasteiger partial charge in [-0.1, -0.05) is 13.3 Å². The molecule has 0 spiro atoms. The van der Waals surface area contributed by atoms with Crippen LogP contribution < -0.4 is 25.5 Å². The number of aromatic amines is 1. The molecule has 11 nitrogen and oxygen atoms in total. The van der Waals surface area contributed by atoms with E-state index in [0.29, 0.717) is 30.4 Å². The Morgan fingerprint density at radius 1 is 1.00 bits per heavy atom. The molecule has 0 unspecified atom stereocenters. The maximum absolute atomic E-state index is 12.9. The number of rotatable bonds is 10. The van der Waals surface area contributed by atoms with Gasteiger partial charge in [0.1, 0.15) is 23.7 Å². The maximum atomic E-state index is 12.9. The molecule has 178 valence electrons. The van der Waals surface area contributed by atoms with Crippen molar-refractivity contribution in [2.75, 3.05) is 21.3 Å². The Balaban J connectivity index is 1.98. The van der Waals surface area contributed by atoms with Gasteiger partial charge < -0.3 is 23.5 Å². The molecule has 3 rings (SSSR count). The first kappa shape index (κ1) is 23.9. The largest absolute Gasteiger partial charge is 0.496 e. The van der Waals surface area contributed by atoms with Gasteiger partial charge in [0.15, 0.2) is 22.7 Å². The van der Waals surface area contributed by atoms with Gasteiger partial charge in [-0.05, 0) is 13.3 Å². The SMILES string of the molecule is CCCCn1c(=O)[nH]c(=O)c2c1nc(COC(=O)c1cc(OC)c(OC)cc1OC)n2CC. The molecule has 0 saturated heterocycles. The predicted molar refractivity (Wildman–Crippen MR) is 120 cm³/mol. The van der Waals surface area contributed by atoms with E-state index in [2.05, 4.69) is 9.97 Å². The average molecular weight is 460 g/mol. The third-order valence-corrected chi connectivity index (χ3v) is 5.27. The number of hydrogen-bond acceptors (Lipinski definition) is 8. The molecule has 0 fully saturated rings. The van der Waals surface area contributed by atoms with E-state index in [4.69, 9.17) is 18.9 Å². The van der Waals surface area contributed by atoms with Gasteiger partial charge in [0.2, 0.25) is 0 Å². The van der Waals surface area contributed by atoms with Crippen LogP contribution in [0.4, 0.5) is 0 Å². The number of aromatic nitrogens is 4. The molecule has 1 N–H and O–H groups in total. The Morgan fingerprint density at radius 3 is 2.27 bits per heavy atom. The Morgan fingerprint density at radius 2 is 1.67 bits per heavy atom. The molecular formula is C22H28N4O7. The molecule has 2 aromatic heterocycles. The van der Waals surface area contributed by atoms with Crippen LogP contribution in [0, 0.1) is 0 Å². The fourth-order valence-electron chi connectivity index (χ4n) is 3.59. The lowest BCUT2D eigenvalue weighted by Gasteiger charge is -2.13. The van der Waals surface area contributed by atoms with E-state index in [1.807, 2.05) is 13.8 Å². The number of nitrogens with zero attached hydrogens (tertiary/aromatic N) is 3. The number of carbonyl (C=O) groups is 1. The second-order valence-corrected chi connectivity index (χ2v) is 7.19. The van der Waals surface area contributed by atoms with Crippen LogP contribution in [0.25, 0.3) is 11.2 Å². The van der Waals surface area contributed by atoms with E-state index in [1.165, 1.54) is 38.0 Å². The highest BCUT2D eigenvalue weighted by Crippen LogP contribution is 2.35. The van der Waals surface area contributed by atoms with Crippen molar-refractivity contribution >= 4 is 17.1 Å². The van der Waals surface area contributed by atoms with Crippen LogP contribution in [0.5, 0.6) is 17.2 Å². The molecule has 0 aliphatic rings.